The number of carbonyl (C=O) groups excluding carboxylic acids is 1. The van der Waals surface area contributed by atoms with Crippen molar-refractivity contribution in [3.63, 3.8) is 0 Å². The standard InChI is InChI=1S/C8H14O3/c1-6(9)7-4-10-8(2,3)11-5-7/h7H,4-5H2,1-3H3. The Morgan fingerprint density at radius 3 is 2.18 bits per heavy atom. The lowest BCUT2D eigenvalue weighted by atomic mass is 10.1. The maximum absolute atomic E-state index is 10.8. The van der Waals surface area contributed by atoms with Gasteiger partial charge < -0.3 is 9.47 Å². The Bertz CT molecular complexity index is 153. The van der Waals surface area contributed by atoms with Gasteiger partial charge in [0.15, 0.2) is 5.79 Å². The van der Waals surface area contributed by atoms with Gasteiger partial charge in [0.2, 0.25) is 0 Å². The molecule has 0 amide bonds. The van der Waals surface area contributed by atoms with Crippen LogP contribution in [0.5, 0.6) is 0 Å². The van der Waals surface area contributed by atoms with E-state index < -0.39 is 5.79 Å². The zero-order valence-corrected chi connectivity index (χ0v) is 7.22. The molecule has 0 spiro atoms. The van der Waals surface area contributed by atoms with Gasteiger partial charge >= 0.3 is 0 Å². The summed E-state index contributed by atoms with van der Waals surface area (Å²) in [6.07, 6.45) is 0. The molecule has 64 valence electrons. The first-order chi connectivity index (χ1) is 5.01. The smallest absolute Gasteiger partial charge is 0.162 e. The van der Waals surface area contributed by atoms with E-state index >= 15 is 0 Å². The van der Waals surface area contributed by atoms with Crippen molar-refractivity contribution in [2.24, 2.45) is 5.92 Å². The maximum Gasteiger partial charge on any atom is 0.162 e. The summed E-state index contributed by atoms with van der Waals surface area (Å²) in [5, 5.41) is 0. The van der Waals surface area contributed by atoms with Crippen molar-refractivity contribution in [2.75, 3.05) is 13.2 Å². The van der Waals surface area contributed by atoms with E-state index in [4.69, 9.17) is 9.47 Å². The molecule has 1 heterocycles. The minimum absolute atomic E-state index is 0.0666. The van der Waals surface area contributed by atoms with Crippen LogP contribution >= 0.6 is 0 Å². The molecule has 0 N–H and O–H groups in total. The second-order valence-electron chi connectivity index (χ2n) is 3.33. The van der Waals surface area contributed by atoms with Crippen LogP contribution in [0, 0.1) is 5.92 Å². The molecule has 0 unspecified atom stereocenters. The molecule has 1 rings (SSSR count). The molecule has 0 aliphatic carbocycles. The summed E-state index contributed by atoms with van der Waals surface area (Å²) in [6, 6.07) is 0. The molecule has 0 aromatic heterocycles. The summed E-state index contributed by atoms with van der Waals surface area (Å²) in [6.45, 7) is 6.24. The number of rotatable bonds is 1. The first-order valence-electron chi connectivity index (χ1n) is 3.79. The number of carbonyl (C=O) groups is 1. The molecule has 1 aliphatic heterocycles. The highest BCUT2D eigenvalue weighted by Gasteiger charge is 2.30. The van der Waals surface area contributed by atoms with Crippen LogP contribution in [0.4, 0.5) is 0 Å². The van der Waals surface area contributed by atoms with Gasteiger partial charge in [-0.25, -0.2) is 0 Å². The Hall–Kier alpha value is -0.410. The molecule has 1 aliphatic rings. The van der Waals surface area contributed by atoms with Crippen molar-refractivity contribution in [3.8, 4) is 0 Å². The van der Waals surface area contributed by atoms with Gasteiger partial charge in [0, 0.05) is 0 Å². The Balaban J connectivity index is 2.42. The number of Topliss-reactive ketones (excluding diaryl/α,β-unsaturated/α-hetero) is 1. The van der Waals surface area contributed by atoms with Crippen LogP contribution in [0.15, 0.2) is 0 Å². The van der Waals surface area contributed by atoms with Gasteiger partial charge in [-0.15, -0.1) is 0 Å². The summed E-state index contributed by atoms with van der Waals surface area (Å²) >= 11 is 0. The molecule has 0 aromatic carbocycles. The quantitative estimate of drug-likeness (QED) is 0.570. The van der Waals surface area contributed by atoms with Crippen molar-refractivity contribution in [1.82, 2.24) is 0 Å². The van der Waals surface area contributed by atoms with E-state index in [0.717, 1.165) is 0 Å². The van der Waals surface area contributed by atoms with E-state index in [9.17, 15) is 4.79 Å². The van der Waals surface area contributed by atoms with Crippen LogP contribution in [0.1, 0.15) is 20.8 Å². The Labute approximate surface area is 66.7 Å². The van der Waals surface area contributed by atoms with Crippen LogP contribution in [0.25, 0.3) is 0 Å². The highest BCUT2D eigenvalue weighted by Crippen LogP contribution is 2.20. The van der Waals surface area contributed by atoms with Crippen LogP contribution in [-0.2, 0) is 14.3 Å². The Morgan fingerprint density at radius 2 is 1.82 bits per heavy atom. The lowest BCUT2D eigenvalue weighted by Crippen LogP contribution is -2.41. The van der Waals surface area contributed by atoms with E-state index in [1.807, 2.05) is 13.8 Å². The molecule has 11 heavy (non-hydrogen) atoms. The minimum atomic E-state index is -0.508. The number of hydrogen-bond acceptors (Lipinski definition) is 3. The van der Waals surface area contributed by atoms with Crippen LogP contribution in [-0.4, -0.2) is 24.8 Å². The predicted molar refractivity (Wildman–Crippen MR) is 40.2 cm³/mol. The molecule has 3 nitrogen and oxygen atoms in total. The molecule has 0 aromatic rings. The normalized spacial score (nSPS) is 25.0. The maximum atomic E-state index is 10.8. The third kappa shape index (κ3) is 2.27. The van der Waals surface area contributed by atoms with Gasteiger partial charge in [-0.1, -0.05) is 0 Å². The fourth-order valence-corrected chi connectivity index (χ4v) is 0.927. The topological polar surface area (TPSA) is 35.5 Å². The van der Waals surface area contributed by atoms with Crippen molar-refractivity contribution >= 4 is 5.78 Å². The van der Waals surface area contributed by atoms with Crippen LogP contribution in [0.2, 0.25) is 0 Å². The van der Waals surface area contributed by atoms with Crippen molar-refractivity contribution < 1.29 is 14.3 Å². The second-order valence-corrected chi connectivity index (χ2v) is 3.33. The van der Waals surface area contributed by atoms with E-state index in [-0.39, 0.29) is 11.7 Å². The van der Waals surface area contributed by atoms with E-state index in [1.54, 1.807) is 6.92 Å². The average molecular weight is 158 g/mol. The number of ether oxygens (including phenoxy) is 2. The van der Waals surface area contributed by atoms with Crippen LogP contribution in [0.3, 0.4) is 0 Å². The summed E-state index contributed by atoms with van der Waals surface area (Å²) in [7, 11) is 0. The van der Waals surface area contributed by atoms with Gasteiger partial charge in [0.25, 0.3) is 0 Å². The van der Waals surface area contributed by atoms with Gasteiger partial charge in [0.05, 0.1) is 19.1 Å². The third-order valence-electron chi connectivity index (χ3n) is 1.84. The fraction of sp³-hybridized carbons (Fsp3) is 0.875. The minimum Gasteiger partial charge on any atom is -0.350 e. The largest absolute Gasteiger partial charge is 0.350 e. The summed E-state index contributed by atoms with van der Waals surface area (Å²) < 4.78 is 10.6. The molecular weight excluding hydrogens is 144 g/mol. The van der Waals surface area contributed by atoms with Gasteiger partial charge in [-0.05, 0) is 20.8 Å². The Kier molecular flexibility index (Phi) is 2.30. The summed E-state index contributed by atoms with van der Waals surface area (Å²) in [5.74, 6) is -0.435. The molecular formula is C8H14O3. The van der Waals surface area contributed by atoms with Crippen molar-refractivity contribution in [1.29, 1.82) is 0 Å². The van der Waals surface area contributed by atoms with Crippen LogP contribution < -0.4 is 0 Å². The molecule has 3 heteroatoms. The van der Waals surface area contributed by atoms with E-state index in [0.29, 0.717) is 13.2 Å². The molecule has 0 atom stereocenters. The highest BCUT2D eigenvalue weighted by molar-refractivity contribution is 5.78. The third-order valence-corrected chi connectivity index (χ3v) is 1.84. The van der Waals surface area contributed by atoms with Gasteiger partial charge in [0.1, 0.15) is 5.78 Å². The van der Waals surface area contributed by atoms with Gasteiger partial charge in [-0.3, -0.25) is 4.79 Å². The van der Waals surface area contributed by atoms with Gasteiger partial charge in [-0.2, -0.15) is 0 Å². The molecule has 1 fully saturated rings. The predicted octanol–water partition coefficient (Wildman–Crippen LogP) is 0.974. The lowest BCUT2D eigenvalue weighted by Gasteiger charge is -2.33. The zero-order chi connectivity index (χ0) is 8.48. The second kappa shape index (κ2) is 2.91. The fourth-order valence-electron chi connectivity index (χ4n) is 0.927. The lowest BCUT2D eigenvalue weighted by molar-refractivity contribution is -0.258. The Morgan fingerprint density at radius 1 is 1.36 bits per heavy atom. The average Bonchev–Trinajstić information content (AvgIpc) is 1.86. The number of hydrogen-bond donors (Lipinski definition) is 0. The molecule has 0 bridgehead atoms. The SMILES string of the molecule is CC(=O)C1COC(C)(C)OC1. The van der Waals surface area contributed by atoms with Crippen molar-refractivity contribution in [2.45, 2.75) is 26.6 Å². The number of ketones is 1. The highest BCUT2D eigenvalue weighted by atomic mass is 16.7. The van der Waals surface area contributed by atoms with E-state index in [1.165, 1.54) is 0 Å². The molecule has 1 saturated heterocycles. The molecule has 0 radical (unpaired) electrons. The monoisotopic (exact) mass is 158 g/mol. The summed E-state index contributed by atoms with van der Waals surface area (Å²) in [4.78, 5) is 10.8. The van der Waals surface area contributed by atoms with E-state index in [2.05, 4.69) is 0 Å². The van der Waals surface area contributed by atoms with Crippen molar-refractivity contribution in [3.05, 3.63) is 0 Å². The first-order valence-corrected chi connectivity index (χ1v) is 3.79. The molecule has 0 saturated carbocycles. The summed E-state index contributed by atoms with van der Waals surface area (Å²) in [5.41, 5.74) is 0. The first kappa shape index (κ1) is 8.68. The zero-order valence-electron chi connectivity index (χ0n) is 7.22.